The lowest BCUT2D eigenvalue weighted by Gasteiger charge is -2.16. The number of nitrogen functional groups attached to an aromatic ring is 1. The van der Waals surface area contributed by atoms with Gasteiger partial charge in [0.25, 0.3) is 5.91 Å². The van der Waals surface area contributed by atoms with Crippen LogP contribution in [0.1, 0.15) is 40.8 Å². The van der Waals surface area contributed by atoms with Crippen LogP contribution in [0.5, 0.6) is 0 Å². The highest BCUT2D eigenvalue weighted by atomic mass is 32.1. The predicted octanol–water partition coefficient (Wildman–Crippen LogP) is 3.58. The minimum absolute atomic E-state index is 0.0426. The van der Waals surface area contributed by atoms with Gasteiger partial charge in [0.1, 0.15) is 5.82 Å². The molecule has 0 spiro atoms. The average molecular weight is 367 g/mol. The highest BCUT2D eigenvalue weighted by molar-refractivity contribution is 7.09. The van der Waals surface area contributed by atoms with Crippen LogP contribution in [0.4, 0.5) is 5.82 Å². The van der Waals surface area contributed by atoms with Gasteiger partial charge in [-0.3, -0.25) is 9.78 Å². The zero-order chi connectivity index (χ0) is 18.7. The minimum atomic E-state index is -0.0426. The van der Waals surface area contributed by atoms with E-state index in [9.17, 15) is 4.79 Å². The van der Waals surface area contributed by atoms with Gasteiger partial charge >= 0.3 is 0 Å². The van der Waals surface area contributed by atoms with Gasteiger partial charge in [-0.25, -0.2) is 9.97 Å². The van der Waals surface area contributed by atoms with E-state index in [1.165, 1.54) is 6.20 Å². The Morgan fingerprint density at radius 1 is 1.19 bits per heavy atom. The second kappa shape index (κ2) is 7.61. The third-order valence-corrected chi connectivity index (χ3v) is 5.10. The molecular weight excluding hydrogens is 346 g/mol. The lowest BCUT2D eigenvalue weighted by Crippen LogP contribution is -2.26. The van der Waals surface area contributed by atoms with E-state index >= 15 is 0 Å². The molecule has 0 saturated heterocycles. The van der Waals surface area contributed by atoms with Gasteiger partial charge in [-0.15, -0.1) is 11.3 Å². The number of hydrogen-bond acceptors (Lipinski definition) is 6. The van der Waals surface area contributed by atoms with Gasteiger partial charge in [0, 0.05) is 29.5 Å². The van der Waals surface area contributed by atoms with E-state index in [2.05, 4.69) is 28.8 Å². The highest BCUT2D eigenvalue weighted by Gasteiger charge is 2.14. The van der Waals surface area contributed by atoms with E-state index in [-0.39, 0.29) is 5.91 Å². The summed E-state index contributed by atoms with van der Waals surface area (Å²) in [6.45, 7) is 4.72. The number of rotatable bonds is 5. The Hall–Kier alpha value is -2.80. The predicted molar refractivity (Wildman–Crippen MR) is 104 cm³/mol. The molecule has 0 aliphatic carbocycles. The quantitative estimate of drug-likeness (QED) is 0.745. The summed E-state index contributed by atoms with van der Waals surface area (Å²) in [5.41, 5.74) is 8.70. The summed E-state index contributed by atoms with van der Waals surface area (Å²) in [4.78, 5) is 27.2. The molecule has 1 amide bonds. The molecular formula is C19H21N5OS. The summed E-state index contributed by atoms with van der Waals surface area (Å²) in [6.07, 6.45) is 3.13. The van der Waals surface area contributed by atoms with Crippen LogP contribution in [0.25, 0.3) is 11.3 Å². The van der Waals surface area contributed by atoms with Crippen molar-refractivity contribution in [2.24, 2.45) is 0 Å². The molecule has 0 radical (unpaired) electrons. The fourth-order valence-corrected chi connectivity index (χ4v) is 3.29. The largest absolute Gasteiger partial charge is 0.382 e. The first-order chi connectivity index (χ1) is 12.4. The maximum atomic E-state index is 12.6. The molecule has 7 heteroatoms. The third-order valence-electron chi connectivity index (χ3n) is 3.91. The fourth-order valence-electron chi connectivity index (χ4n) is 2.47. The maximum Gasteiger partial charge on any atom is 0.253 e. The van der Waals surface area contributed by atoms with E-state index in [0.29, 0.717) is 23.8 Å². The Balaban J connectivity index is 1.69. The van der Waals surface area contributed by atoms with Crippen LogP contribution in [0.15, 0.2) is 42.0 Å². The number of anilines is 1. The van der Waals surface area contributed by atoms with Crippen molar-refractivity contribution in [2.75, 3.05) is 12.8 Å². The Labute approximate surface area is 156 Å². The van der Waals surface area contributed by atoms with Gasteiger partial charge in [-0.05, 0) is 12.1 Å². The van der Waals surface area contributed by atoms with Gasteiger partial charge < -0.3 is 10.6 Å². The molecule has 0 unspecified atom stereocenters. The monoisotopic (exact) mass is 367 g/mol. The van der Waals surface area contributed by atoms with Crippen molar-refractivity contribution in [1.82, 2.24) is 19.9 Å². The van der Waals surface area contributed by atoms with E-state index in [1.807, 2.05) is 17.5 Å². The van der Waals surface area contributed by atoms with Crippen LogP contribution in [-0.2, 0) is 6.54 Å². The maximum absolute atomic E-state index is 12.6. The zero-order valence-electron chi connectivity index (χ0n) is 15.0. The molecule has 3 rings (SSSR count). The topological polar surface area (TPSA) is 85.0 Å². The van der Waals surface area contributed by atoms with E-state index < -0.39 is 0 Å². The van der Waals surface area contributed by atoms with Crippen molar-refractivity contribution in [3.05, 3.63) is 58.3 Å². The third kappa shape index (κ3) is 4.05. The van der Waals surface area contributed by atoms with Gasteiger partial charge in [-0.2, -0.15) is 0 Å². The van der Waals surface area contributed by atoms with Crippen molar-refractivity contribution in [3.8, 4) is 11.3 Å². The van der Waals surface area contributed by atoms with Gasteiger partial charge in [0.15, 0.2) is 0 Å². The number of carbonyl (C=O) groups excluding carboxylic acids is 1. The molecule has 2 aromatic heterocycles. The van der Waals surface area contributed by atoms with E-state index in [4.69, 9.17) is 5.73 Å². The number of benzene rings is 1. The molecule has 0 saturated carbocycles. The molecule has 0 fully saturated rings. The lowest BCUT2D eigenvalue weighted by atomic mass is 10.1. The summed E-state index contributed by atoms with van der Waals surface area (Å²) in [5, 5.41) is 3.11. The molecule has 2 N–H and O–H groups in total. The number of hydrogen-bond donors (Lipinski definition) is 1. The van der Waals surface area contributed by atoms with Crippen LogP contribution in [0, 0.1) is 0 Å². The first-order valence-corrected chi connectivity index (χ1v) is 9.19. The number of amides is 1. The molecule has 6 nitrogen and oxygen atoms in total. The molecule has 0 bridgehead atoms. The van der Waals surface area contributed by atoms with Gasteiger partial charge in [0.2, 0.25) is 0 Å². The van der Waals surface area contributed by atoms with Crippen LogP contribution >= 0.6 is 11.3 Å². The summed E-state index contributed by atoms with van der Waals surface area (Å²) < 4.78 is 0. The van der Waals surface area contributed by atoms with Crippen molar-refractivity contribution in [1.29, 1.82) is 0 Å². The molecule has 1 aromatic carbocycles. The second-order valence-corrected chi connectivity index (χ2v) is 7.29. The van der Waals surface area contributed by atoms with Gasteiger partial charge in [-0.1, -0.05) is 26.0 Å². The molecule has 26 heavy (non-hydrogen) atoms. The number of carbonyl (C=O) groups is 1. The van der Waals surface area contributed by atoms with Crippen LogP contribution in [0.2, 0.25) is 0 Å². The summed E-state index contributed by atoms with van der Waals surface area (Å²) >= 11 is 1.64. The Morgan fingerprint density at radius 2 is 1.92 bits per heavy atom. The number of nitrogens with two attached hydrogens (primary N) is 1. The van der Waals surface area contributed by atoms with Gasteiger partial charge in [0.05, 0.1) is 35.3 Å². The summed E-state index contributed by atoms with van der Waals surface area (Å²) in [6, 6.07) is 7.32. The van der Waals surface area contributed by atoms with Crippen LogP contribution < -0.4 is 5.73 Å². The standard InChI is InChI=1S/C19H21N5OS/c1-12(2)18-23-15(11-26-18)10-24(3)19(25)14-6-4-13(5-7-14)16-8-22-17(20)9-21-16/h4-9,11-12H,10H2,1-3H3,(H2,20,22). The Bertz CT molecular complexity index is 887. The average Bonchev–Trinajstić information content (AvgIpc) is 3.11. The van der Waals surface area contributed by atoms with Crippen molar-refractivity contribution < 1.29 is 4.79 Å². The van der Waals surface area contributed by atoms with Crippen molar-refractivity contribution >= 4 is 23.1 Å². The first-order valence-electron chi connectivity index (χ1n) is 8.31. The zero-order valence-corrected chi connectivity index (χ0v) is 15.8. The van der Waals surface area contributed by atoms with Crippen molar-refractivity contribution in [3.63, 3.8) is 0 Å². The first kappa shape index (κ1) is 18.0. The molecule has 0 atom stereocenters. The summed E-state index contributed by atoms with van der Waals surface area (Å²) in [5.74, 6) is 0.739. The van der Waals surface area contributed by atoms with E-state index in [0.717, 1.165) is 22.0 Å². The van der Waals surface area contributed by atoms with Crippen LogP contribution in [-0.4, -0.2) is 32.8 Å². The van der Waals surface area contributed by atoms with Crippen molar-refractivity contribution in [2.45, 2.75) is 26.3 Å². The SMILES string of the molecule is CC(C)c1nc(CN(C)C(=O)c2ccc(-c3cnc(N)cn3)cc2)cs1. The fraction of sp³-hybridized carbons (Fsp3) is 0.263. The second-order valence-electron chi connectivity index (χ2n) is 6.40. The Kier molecular flexibility index (Phi) is 5.27. The smallest absolute Gasteiger partial charge is 0.253 e. The number of thiazole rings is 1. The molecule has 3 aromatic rings. The highest BCUT2D eigenvalue weighted by Crippen LogP contribution is 2.21. The minimum Gasteiger partial charge on any atom is -0.382 e. The number of aromatic nitrogens is 3. The lowest BCUT2D eigenvalue weighted by molar-refractivity contribution is 0.0783. The van der Waals surface area contributed by atoms with Crippen LogP contribution in [0.3, 0.4) is 0 Å². The summed E-state index contributed by atoms with van der Waals surface area (Å²) in [7, 11) is 1.79. The Morgan fingerprint density at radius 3 is 2.50 bits per heavy atom. The normalized spacial score (nSPS) is 10.9. The molecule has 0 aliphatic rings. The molecule has 134 valence electrons. The van der Waals surface area contributed by atoms with E-state index in [1.54, 1.807) is 41.6 Å². The molecule has 0 aliphatic heterocycles. The number of nitrogens with zero attached hydrogens (tertiary/aromatic N) is 4. The molecule has 2 heterocycles.